The SMILES string of the molecule is C=COC.COC(=O)/C=C\C(=O)O. The second-order valence-corrected chi connectivity index (χ2v) is 1.60. The summed E-state index contributed by atoms with van der Waals surface area (Å²) in [5, 5.41) is 7.96. The van der Waals surface area contributed by atoms with Gasteiger partial charge in [0.05, 0.1) is 20.5 Å². The number of methoxy groups -OCH3 is 2. The van der Waals surface area contributed by atoms with Crippen molar-refractivity contribution < 1.29 is 24.2 Å². The van der Waals surface area contributed by atoms with Gasteiger partial charge in [-0.25, -0.2) is 9.59 Å². The fourth-order valence-electron chi connectivity index (χ4n) is 0.207. The monoisotopic (exact) mass is 188 g/mol. The van der Waals surface area contributed by atoms with E-state index in [9.17, 15) is 9.59 Å². The number of esters is 1. The average molecular weight is 188 g/mol. The molecule has 0 aromatic carbocycles. The van der Waals surface area contributed by atoms with Crippen molar-refractivity contribution in [3.8, 4) is 0 Å². The Balaban J connectivity index is 0. The van der Waals surface area contributed by atoms with Crippen molar-refractivity contribution in [2.45, 2.75) is 0 Å². The number of carboxylic acids is 1. The van der Waals surface area contributed by atoms with Crippen molar-refractivity contribution in [2.24, 2.45) is 0 Å². The van der Waals surface area contributed by atoms with Crippen molar-refractivity contribution in [2.75, 3.05) is 14.2 Å². The maximum atomic E-state index is 10.1. The molecule has 0 aliphatic carbocycles. The highest BCUT2D eigenvalue weighted by Crippen LogP contribution is 1.76. The molecule has 0 fully saturated rings. The smallest absolute Gasteiger partial charge is 0.330 e. The summed E-state index contributed by atoms with van der Waals surface area (Å²) in [7, 11) is 2.74. The standard InChI is InChI=1S/C5H6O4.C3H6O/c1-9-5(8)3-2-4(6)7;1-3-4-2/h2-3H,1H3,(H,6,7);3H,1H2,2H3/b3-2-;. The molecule has 0 saturated heterocycles. The topological polar surface area (TPSA) is 72.8 Å². The van der Waals surface area contributed by atoms with Crippen molar-refractivity contribution in [1.29, 1.82) is 0 Å². The van der Waals surface area contributed by atoms with Crippen molar-refractivity contribution in [3.63, 3.8) is 0 Å². The summed E-state index contributed by atoms with van der Waals surface area (Å²) in [5.74, 6) is -1.84. The first kappa shape index (κ1) is 13.8. The van der Waals surface area contributed by atoms with Crippen LogP contribution in [0.5, 0.6) is 0 Å². The molecule has 5 heteroatoms. The van der Waals surface area contributed by atoms with Gasteiger partial charge in [-0.05, 0) is 0 Å². The van der Waals surface area contributed by atoms with Crippen LogP contribution in [0.15, 0.2) is 25.0 Å². The Bertz CT molecular complexity index is 195. The number of rotatable bonds is 3. The van der Waals surface area contributed by atoms with Gasteiger partial charge in [0.15, 0.2) is 0 Å². The van der Waals surface area contributed by atoms with Gasteiger partial charge in [-0.1, -0.05) is 6.58 Å². The summed E-state index contributed by atoms with van der Waals surface area (Å²) in [6.45, 7) is 3.26. The molecule has 0 amide bonds. The van der Waals surface area contributed by atoms with E-state index in [1.165, 1.54) is 13.4 Å². The van der Waals surface area contributed by atoms with Gasteiger partial charge in [0, 0.05) is 12.2 Å². The zero-order valence-corrected chi connectivity index (χ0v) is 7.52. The summed E-state index contributed by atoms with van der Waals surface area (Å²) in [6.07, 6.45) is 2.92. The molecule has 0 saturated carbocycles. The lowest BCUT2D eigenvalue weighted by molar-refractivity contribution is -0.136. The van der Waals surface area contributed by atoms with Gasteiger partial charge < -0.3 is 14.6 Å². The Kier molecular flexibility index (Phi) is 10.8. The Labute approximate surface area is 76.3 Å². The molecule has 0 heterocycles. The van der Waals surface area contributed by atoms with Gasteiger partial charge in [0.2, 0.25) is 0 Å². The van der Waals surface area contributed by atoms with E-state index in [-0.39, 0.29) is 0 Å². The van der Waals surface area contributed by atoms with Crippen LogP contribution in [0.1, 0.15) is 0 Å². The molecule has 0 bridgehead atoms. The normalized spacial score (nSPS) is 8.15. The maximum Gasteiger partial charge on any atom is 0.330 e. The average Bonchev–Trinajstić information content (AvgIpc) is 2.14. The molecular formula is C8H12O5. The Hall–Kier alpha value is -1.78. The lowest BCUT2D eigenvalue weighted by atomic mass is 10.5. The lowest BCUT2D eigenvalue weighted by Gasteiger charge is -1.85. The highest BCUT2D eigenvalue weighted by atomic mass is 16.5. The van der Waals surface area contributed by atoms with Crippen LogP contribution < -0.4 is 0 Å². The third-order valence-corrected chi connectivity index (χ3v) is 0.730. The maximum absolute atomic E-state index is 10.1. The minimum atomic E-state index is -1.17. The first-order valence-corrected chi connectivity index (χ1v) is 3.21. The minimum absolute atomic E-state index is 0.669. The minimum Gasteiger partial charge on any atom is -0.505 e. The molecule has 0 aliphatic heterocycles. The van der Waals surface area contributed by atoms with Crippen LogP contribution in [0.3, 0.4) is 0 Å². The Morgan fingerprint density at radius 2 is 1.77 bits per heavy atom. The second kappa shape index (κ2) is 10.2. The molecule has 13 heavy (non-hydrogen) atoms. The van der Waals surface area contributed by atoms with E-state index >= 15 is 0 Å². The van der Waals surface area contributed by atoms with E-state index in [0.717, 1.165) is 6.08 Å². The quantitative estimate of drug-likeness (QED) is 0.398. The first-order chi connectivity index (χ1) is 6.08. The highest BCUT2D eigenvalue weighted by molar-refractivity contribution is 5.90. The fraction of sp³-hybridized carbons (Fsp3) is 0.250. The van der Waals surface area contributed by atoms with E-state index in [2.05, 4.69) is 16.1 Å². The molecule has 0 spiro atoms. The fourth-order valence-corrected chi connectivity index (χ4v) is 0.207. The van der Waals surface area contributed by atoms with Gasteiger partial charge >= 0.3 is 11.9 Å². The lowest BCUT2D eigenvalue weighted by Crippen LogP contribution is -1.96. The largest absolute Gasteiger partial charge is 0.505 e. The molecule has 5 nitrogen and oxygen atoms in total. The van der Waals surface area contributed by atoms with Gasteiger partial charge in [0.25, 0.3) is 0 Å². The zero-order valence-electron chi connectivity index (χ0n) is 7.52. The molecule has 0 radical (unpaired) electrons. The Morgan fingerprint density at radius 1 is 1.31 bits per heavy atom. The van der Waals surface area contributed by atoms with Crippen molar-refractivity contribution in [3.05, 3.63) is 25.0 Å². The zero-order chi connectivity index (χ0) is 10.7. The second-order valence-electron chi connectivity index (χ2n) is 1.60. The molecule has 0 aromatic heterocycles. The van der Waals surface area contributed by atoms with Crippen LogP contribution in [-0.4, -0.2) is 31.3 Å². The molecule has 0 rings (SSSR count). The van der Waals surface area contributed by atoms with Crippen LogP contribution >= 0.6 is 0 Å². The van der Waals surface area contributed by atoms with Crippen LogP contribution in [-0.2, 0) is 19.1 Å². The van der Waals surface area contributed by atoms with Gasteiger partial charge in [0.1, 0.15) is 0 Å². The number of carboxylic acid groups (broad SMARTS) is 1. The van der Waals surface area contributed by atoms with E-state index in [1.807, 2.05) is 0 Å². The third kappa shape index (κ3) is 17.8. The number of ether oxygens (including phenoxy) is 2. The predicted molar refractivity (Wildman–Crippen MR) is 46.0 cm³/mol. The van der Waals surface area contributed by atoms with Crippen LogP contribution in [0.2, 0.25) is 0 Å². The predicted octanol–water partition coefficient (Wildman–Crippen LogP) is 0.577. The van der Waals surface area contributed by atoms with E-state index in [1.54, 1.807) is 7.11 Å². The van der Waals surface area contributed by atoms with Gasteiger partial charge in [-0.15, -0.1) is 0 Å². The van der Waals surface area contributed by atoms with Crippen LogP contribution in [0.25, 0.3) is 0 Å². The molecule has 0 aliphatic rings. The molecular weight excluding hydrogens is 176 g/mol. The summed E-state index contributed by atoms with van der Waals surface area (Å²) < 4.78 is 8.42. The Morgan fingerprint density at radius 3 is 2.00 bits per heavy atom. The van der Waals surface area contributed by atoms with Crippen molar-refractivity contribution in [1.82, 2.24) is 0 Å². The molecule has 0 aromatic rings. The number of hydrogen-bond acceptors (Lipinski definition) is 4. The summed E-state index contributed by atoms with van der Waals surface area (Å²) in [5.41, 5.74) is 0. The van der Waals surface area contributed by atoms with E-state index in [0.29, 0.717) is 6.08 Å². The number of carbonyl (C=O) groups is 2. The number of aliphatic carboxylic acids is 1. The number of carbonyl (C=O) groups excluding carboxylic acids is 1. The third-order valence-electron chi connectivity index (χ3n) is 0.730. The van der Waals surface area contributed by atoms with Crippen LogP contribution in [0, 0.1) is 0 Å². The van der Waals surface area contributed by atoms with E-state index in [4.69, 9.17) is 5.11 Å². The van der Waals surface area contributed by atoms with Gasteiger partial charge in [-0.3, -0.25) is 0 Å². The van der Waals surface area contributed by atoms with E-state index < -0.39 is 11.9 Å². The first-order valence-electron chi connectivity index (χ1n) is 3.21. The molecule has 74 valence electrons. The van der Waals surface area contributed by atoms with Gasteiger partial charge in [-0.2, -0.15) is 0 Å². The molecule has 0 atom stereocenters. The summed E-state index contributed by atoms with van der Waals surface area (Å²) >= 11 is 0. The summed E-state index contributed by atoms with van der Waals surface area (Å²) in [4.78, 5) is 19.9. The van der Waals surface area contributed by atoms with Crippen molar-refractivity contribution >= 4 is 11.9 Å². The number of hydrogen-bond donors (Lipinski definition) is 1. The van der Waals surface area contributed by atoms with Crippen LogP contribution in [0.4, 0.5) is 0 Å². The highest BCUT2D eigenvalue weighted by Gasteiger charge is 1.91. The summed E-state index contributed by atoms with van der Waals surface area (Å²) in [6, 6.07) is 0. The molecule has 1 N–H and O–H groups in total. The molecule has 0 unspecified atom stereocenters.